The standard InChI is InChI=1S/C22H29N5O3S/c1-18-4-2-5-20(16-18)26-12-10-25(11-13-26)9-3-8-23-22(28)19-6-7-21-24-31(29,30)15-14-27(21)17-19/h2,4-7,16-17H,3,8-15H2,1H3,(H,23,28). The highest BCUT2D eigenvalue weighted by atomic mass is 32.2. The van der Waals surface area contributed by atoms with E-state index < -0.39 is 10.0 Å². The quantitative estimate of drug-likeness (QED) is 0.664. The highest BCUT2D eigenvalue weighted by Crippen LogP contribution is 2.18. The van der Waals surface area contributed by atoms with Crippen molar-refractivity contribution in [1.82, 2.24) is 15.1 Å². The number of anilines is 1. The van der Waals surface area contributed by atoms with Crippen molar-refractivity contribution < 1.29 is 13.2 Å². The summed E-state index contributed by atoms with van der Waals surface area (Å²) in [5.74, 6) is 0.188. The van der Waals surface area contributed by atoms with E-state index in [1.54, 1.807) is 23.3 Å². The molecule has 3 heterocycles. The van der Waals surface area contributed by atoms with E-state index >= 15 is 0 Å². The normalized spacial score (nSPS) is 20.7. The van der Waals surface area contributed by atoms with E-state index in [1.807, 2.05) is 0 Å². The van der Waals surface area contributed by atoms with Crippen LogP contribution in [-0.4, -0.2) is 81.5 Å². The average molecular weight is 444 g/mol. The van der Waals surface area contributed by atoms with E-state index in [0.29, 0.717) is 24.5 Å². The Kier molecular flexibility index (Phi) is 6.43. The van der Waals surface area contributed by atoms with Crippen LogP contribution in [-0.2, 0) is 14.8 Å². The summed E-state index contributed by atoms with van der Waals surface area (Å²) in [7, 11) is -3.38. The Labute approximate surface area is 184 Å². The summed E-state index contributed by atoms with van der Waals surface area (Å²) in [6, 6.07) is 8.63. The Hall–Kier alpha value is -2.65. The van der Waals surface area contributed by atoms with Gasteiger partial charge in [0.05, 0.1) is 11.3 Å². The monoisotopic (exact) mass is 443 g/mol. The van der Waals surface area contributed by atoms with Crippen LogP contribution < -0.4 is 10.2 Å². The number of carbonyl (C=O) groups is 1. The molecule has 0 aromatic heterocycles. The number of benzene rings is 1. The van der Waals surface area contributed by atoms with Crippen LogP contribution in [0.1, 0.15) is 12.0 Å². The maximum absolute atomic E-state index is 12.4. The lowest BCUT2D eigenvalue weighted by Crippen LogP contribution is -2.47. The average Bonchev–Trinajstić information content (AvgIpc) is 2.76. The fourth-order valence-electron chi connectivity index (χ4n) is 4.00. The number of amidine groups is 1. The molecule has 1 aromatic carbocycles. The molecule has 0 unspecified atom stereocenters. The first-order valence-electron chi connectivity index (χ1n) is 10.7. The molecule has 1 fully saturated rings. The van der Waals surface area contributed by atoms with Crippen molar-refractivity contribution in [2.24, 2.45) is 4.40 Å². The van der Waals surface area contributed by atoms with Gasteiger partial charge >= 0.3 is 0 Å². The minimum absolute atomic E-state index is 0.0348. The summed E-state index contributed by atoms with van der Waals surface area (Å²) in [4.78, 5) is 19.0. The minimum atomic E-state index is -3.38. The number of carbonyl (C=O) groups excluding carboxylic acids is 1. The number of aryl methyl sites for hydroxylation is 1. The van der Waals surface area contributed by atoms with Gasteiger partial charge < -0.3 is 15.1 Å². The third kappa shape index (κ3) is 5.54. The number of amides is 1. The Balaban J connectivity index is 1.18. The summed E-state index contributed by atoms with van der Waals surface area (Å²) < 4.78 is 26.9. The Morgan fingerprint density at radius 2 is 1.94 bits per heavy atom. The number of hydrogen-bond acceptors (Lipinski definition) is 6. The third-order valence-corrected chi connectivity index (χ3v) is 6.93. The number of nitrogens with one attached hydrogen (secondary N) is 1. The Morgan fingerprint density at radius 1 is 1.13 bits per heavy atom. The topological polar surface area (TPSA) is 85.3 Å². The predicted molar refractivity (Wildman–Crippen MR) is 123 cm³/mol. The van der Waals surface area contributed by atoms with Crippen LogP contribution in [0.15, 0.2) is 52.6 Å². The van der Waals surface area contributed by atoms with Gasteiger partial charge in [0.25, 0.3) is 15.9 Å². The van der Waals surface area contributed by atoms with Gasteiger partial charge in [-0.25, -0.2) is 8.42 Å². The van der Waals surface area contributed by atoms with Crippen molar-refractivity contribution in [2.75, 3.05) is 56.5 Å². The molecule has 3 aliphatic rings. The van der Waals surface area contributed by atoms with Gasteiger partial charge in [-0.2, -0.15) is 0 Å². The van der Waals surface area contributed by atoms with Gasteiger partial charge in [0, 0.05) is 51.2 Å². The van der Waals surface area contributed by atoms with Gasteiger partial charge in [0.2, 0.25) is 0 Å². The van der Waals surface area contributed by atoms with E-state index in [4.69, 9.17) is 0 Å². The summed E-state index contributed by atoms with van der Waals surface area (Å²) in [6.07, 6.45) is 5.77. The maximum atomic E-state index is 12.4. The first-order valence-corrected chi connectivity index (χ1v) is 12.3. The van der Waals surface area contributed by atoms with Crippen LogP contribution in [0.5, 0.6) is 0 Å². The molecule has 8 nitrogen and oxygen atoms in total. The maximum Gasteiger partial charge on any atom is 0.256 e. The Bertz CT molecular complexity index is 1020. The number of rotatable bonds is 6. The molecule has 0 atom stereocenters. The van der Waals surface area contributed by atoms with Crippen molar-refractivity contribution in [3.63, 3.8) is 0 Å². The molecule has 1 amide bonds. The lowest BCUT2D eigenvalue weighted by atomic mass is 10.1. The van der Waals surface area contributed by atoms with Crippen molar-refractivity contribution in [1.29, 1.82) is 0 Å². The number of fused-ring (bicyclic) bond motifs is 1. The largest absolute Gasteiger partial charge is 0.369 e. The van der Waals surface area contributed by atoms with Gasteiger partial charge in [-0.3, -0.25) is 9.69 Å². The molecule has 0 radical (unpaired) electrons. The van der Waals surface area contributed by atoms with E-state index in [1.165, 1.54) is 11.3 Å². The third-order valence-electron chi connectivity index (χ3n) is 5.76. The molecule has 9 heteroatoms. The van der Waals surface area contributed by atoms with Crippen molar-refractivity contribution >= 4 is 27.5 Å². The molecule has 0 saturated carbocycles. The highest BCUT2D eigenvalue weighted by Gasteiger charge is 2.25. The molecular formula is C22H29N5O3S. The van der Waals surface area contributed by atoms with Gasteiger partial charge in [0.1, 0.15) is 5.84 Å². The molecular weight excluding hydrogens is 414 g/mol. The van der Waals surface area contributed by atoms with Crippen molar-refractivity contribution in [3.05, 3.63) is 53.8 Å². The fraction of sp³-hybridized carbons (Fsp3) is 0.455. The zero-order chi connectivity index (χ0) is 21.8. The molecule has 1 N–H and O–H groups in total. The predicted octanol–water partition coefficient (Wildman–Crippen LogP) is 1.12. The zero-order valence-electron chi connectivity index (χ0n) is 17.8. The first-order chi connectivity index (χ1) is 14.9. The molecule has 0 spiro atoms. The van der Waals surface area contributed by atoms with Crippen LogP contribution in [0.4, 0.5) is 5.69 Å². The van der Waals surface area contributed by atoms with E-state index in [2.05, 4.69) is 50.7 Å². The van der Waals surface area contributed by atoms with Crippen LogP contribution in [0.2, 0.25) is 0 Å². The van der Waals surface area contributed by atoms with Gasteiger partial charge in [0.15, 0.2) is 0 Å². The second-order valence-corrected chi connectivity index (χ2v) is 9.88. The number of sulfonamides is 1. The highest BCUT2D eigenvalue weighted by molar-refractivity contribution is 7.90. The summed E-state index contributed by atoms with van der Waals surface area (Å²) in [6.45, 7) is 8.08. The van der Waals surface area contributed by atoms with Crippen LogP contribution in [0.3, 0.4) is 0 Å². The minimum Gasteiger partial charge on any atom is -0.369 e. The lowest BCUT2D eigenvalue weighted by molar-refractivity contribution is -0.117. The van der Waals surface area contributed by atoms with E-state index in [0.717, 1.165) is 39.1 Å². The summed E-state index contributed by atoms with van der Waals surface area (Å²) >= 11 is 0. The summed E-state index contributed by atoms with van der Waals surface area (Å²) in [5.41, 5.74) is 3.10. The second kappa shape index (κ2) is 9.23. The molecule has 31 heavy (non-hydrogen) atoms. The van der Waals surface area contributed by atoms with Gasteiger partial charge in [-0.1, -0.05) is 12.1 Å². The number of hydrogen-bond donors (Lipinski definition) is 1. The molecule has 3 aliphatic heterocycles. The SMILES string of the molecule is Cc1cccc(N2CCN(CCCNC(=O)C3=CN4CCS(=O)(=O)N=C4C=C3)CC2)c1. The second-order valence-electron chi connectivity index (χ2n) is 8.12. The van der Waals surface area contributed by atoms with Crippen molar-refractivity contribution in [2.45, 2.75) is 13.3 Å². The van der Waals surface area contributed by atoms with Crippen LogP contribution in [0, 0.1) is 6.92 Å². The molecule has 166 valence electrons. The molecule has 4 rings (SSSR count). The van der Waals surface area contributed by atoms with Gasteiger partial charge in [-0.15, -0.1) is 4.40 Å². The smallest absolute Gasteiger partial charge is 0.256 e. The molecule has 0 bridgehead atoms. The van der Waals surface area contributed by atoms with E-state index in [9.17, 15) is 13.2 Å². The molecule has 0 aliphatic carbocycles. The van der Waals surface area contributed by atoms with E-state index in [-0.39, 0.29) is 11.7 Å². The first kappa shape index (κ1) is 21.6. The summed E-state index contributed by atoms with van der Waals surface area (Å²) in [5, 5.41) is 2.96. The molecule has 1 aromatic rings. The fourth-order valence-corrected chi connectivity index (χ4v) is 4.97. The number of nitrogens with zero attached hydrogens (tertiary/aromatic N) is 4. The van der Waals surface area contributed by atoms with Crippen molar-refractivity contribution in [3.8, 4) is 0 Å². The van der Waals surface area contributed by atoms with Crippen LogP contribution >= 0.6 is 0 Å². The number of piperazine rings is 1. The lowest BCUT2D eigenvalue weighted by Gasteiger charge is -2.36. The van der Waals surface area contributed by atoms with Crippen LogP contribution in [0.25, 0.3) is 0 Å². The Morgan fingerprint density at radius 3 is 2.71 bits per heavy atom. The van der Waals surface area contributed by atoms with Gasteiger partial charge in [-0.05, 0) is 49.7 Å². The molecule has 1 saturated heterocycles. The zero-order valence-corrected chi connectivity index (χ0v) is 18.6.